The summed E-state index contributed by atoms with van der Waals surface area (Å²) >= 11 is 0. The maximum Gasteiger partial charge on any atom is 0.673 e. The van der Waals surface area contributed by atoms with E-state index in [2.05, 4.69) is 0 Å². The smallest absolute Gasteiger partial charge is 0.420 e. The third-order valence-electron chi connectivity index (χ3n) is 0.452. The van der Waals surface area contributed by atoms with E-state index in [0.717, 1.165) is 0 Å². The molecule has 0 saturated carbocycles. The van der Waals surface area contributed by atoms with Crippen LogP contribution in [0.1, 0.15) is 0 Å². The Kier molecular flexibility index (Phi) is 6.13. The van der Waals surface area contributed by atoms with Crippen LogP contribution >= 0.6 is 0 Å². The van der Waals surface area contributed by atoms with Crippen LogP contribution in [0.4, 0.5) is 30.4 Å². The molecule has 0 amide bonds. The second-order valence-corrected chi connectivity index (χ2v) is 2.24. The predicted octanol–water partition coefficient (Wildman–Crippen LogP) is 2.66. The Bertz CT molecular complexity index is 121. The van der Waals surface area contributed by atoms with Crippen LogP contribution in [-0.2, 0) is 4.37 Å². The van der Waals surface area contributed by atoms with Gasteiger partial charge in [-0.15, -0.1) is 0 Å². The Labute approximate surface area is 70.3 Å². The Morgan fingerprint density at radius 1 is 1.00 bits per heavy atom. The van der Waals surface area contributed by atoms with Crippen molar-refractivity contribution in [1.82, 2.24) is 0 Å². The molecule has 0 rings (SSSR count). The zero-order chi connectivity index (χ0) is 11.3. The Hall–Kier alpha value is -0.465. The maximum atomic E-state index is 11.2. The fourth-order valence-electron chi connectivity index (χ4n) is 0.327. The van der Waals surface area contributed by atoms with Crippen molar-refractivity contribution in [3.05, 3.63) is 0 Å². The molecule has 13 heavy (non-hydrogen) atoms. The highest BCUT2D eigenvalue weighted by molar-refractivity contribution is 6.50. The third-order valence-corrected chi connectivity index (χ3v) is 0.452. The molecule has 0 radical (unpaired) electrons. The Morgan fingerprint density at radius 2 is 1.23 bits per heavy atom. The lowest BCUT2D eigenvalue weighted by atomic mass is 10.3. The van der Waals surface area contributed by atoms with Crippen molar-refractivity contribution in [3.63, 3.8) is 0 Å². The van der Waals surface area contributed by atoms with Gasteiger partial charge in [0.15, 0.2) is 0 Å². The van der Waals surface area contributed by atoms with Gasteiger partial charge >= 0.3 is 13.4 Å². The van der Waals surface area contributed by atoms with E-state index in [1.165, 1.54) is 14.2 Å². The summed E-state index contributed by atoms with van der Waals surface area (Å²) in [6, 6.07) is 0. The molecule has 0 aromatic rings. The molecule has 0 heterocycles. The van der Waals surface area contributed by atoms with Crippen molar-refractivity contribution in [2.45, 2.75) is 6.18 Å². The van der Waals surface area contributed by atoms with Crippen LogP contribution in [0.15, 0.2) is 0 Å². The zero-order valence-electron chi connectivity index (χ0n) is 6.84. The quantitative estimate of drug-likeness (QED) is 0.360. The van der Waals surface area contributed by atoms with E-state index in [1.54, 1.807) is 4.37 Å². The zero-order valence-corrected chi connectivity index (χ0v) is 6.84. The molecule has 0 aliphatic heterocycles. The van der Waals surface area contributed by atoms with Crippen LogP contribution < -0.4 is 0 Å². The molecule has 0 aromatic carbocycles. The SMILES string of the molecule is C[O+](C)CC(F)(F)F.F[B-](F)(F)F. The molecule has 0 fully saturated rings. The highest BCUT2D eigenvalue weighted by atomic mass is 19.5. The molecule has 0 bridgehead atoms. The highest BCUT2D eigenvalue weighted by Crippen LogP contribution is 2.15. The Balaban J connectivity index is 0. The normalized spacial score (nSPS) is 12.5. The van der Waals surface area contributed by atoms with Gasteiger partial charge in [-0.2, -0.15) is 13.2 Å². The summed E-state index contributed by atoms with van der Waals surface area (Å²) in [5.74, 6) is 0. The van der Waals surface area contributed by atoms with E-state index in [1.807, 2.05) is 0 Å². The van der Waals surface area contributed by atoms with Gasteiger partial charge < -0.3 is 21.6 Å². The molecule has 0 saturated heterocycles. The fraction of sp³-hybridized carbons (Fsp3) is 1.00. The maximum absolute atomic E-state index is 11.2. The molecule has 0 unspecified atom stereocenters. The first-order valence-corrected chi connectivity index (χ1v) is 2.90. The van der Waals surface area contributed by atoms with Crippen molar-refractivity contribution >= 4 is 7.25 Å². The molecular formula is C4H8BF7O. The van der Waals surface area contributed by atoms with Gasteiger partial charge in [0.25, 0.3) is 0 Å². The molecule has 0 N–H and O–H groups in total. The van der Waals surface area contributed by atoms with Crippen molar-refractivity contribution in [2.75, 3.05) is 20.8 Å². The van der Waals surface area contributed by atoms with Gasteiger partial charge in [-0.1, -0.05) is 0 Å². The summed E-state index contributed by atoms with van der Waals surface area (Å²) in [4.78, 5) is 0. The molecule has 0 aliphatic carbocycles. The van der Waals surface area contributed by atoms with Crippen molar-refractivity contribution in [3.8, 4) is 0 Å². The van der Waals surface area contributed by atoms with Crippen LogP contribution in [0.2, 0.25) is 0 Å². The highest BCUT2D eigenvalue weighted by Gasteiger charge is 2.32. The van der Waals surface area contributed by atoms with Crippen LogP contribution in [0.5, 0.6) is 0 Å². The van der Waals surface area contributed by atoms with Gasteiger partial charge in [0.05, 0.1) is 0 Å². The third kappa shape index (κ3) is 51.0. The van der Waals surface area contributed by atoms with E-state index >= 15 is 0 Å². The van der Waals surface area contributed by atoms with Gasteiger partial charge in [-0.05, 0) is 0 Å². The number of alkyl halides is 3. The van der Waals surface area contributed by atoms with Gasteiger partial charge in [0.1, 0.15) is 14.2 Å². The van der Waals surface area contributed by atoms with Crippen molar-refractivity contribution in [1.29, 1.82) is 0 Å². The van der Waals surface area contributed by atoms with Crippen LogP contribution in [0.3, 0.4) is 0 Å². The largest absolute Gasteiger partial charge is 0.673 e. The molecule has 82 valence electrons. The van der Waals surface area contributed by atoms with Gasteiger partial charge in [-0.3, -0.25) is 0 Å². The second-order valence-electron chi connectivity index (χ2n) is 2.24. The summed E-state index contributed by atoms with van der Waals surface area (Å²) in [6.07, 6.45) is -4.09. The van der Waals surface area contributed by atoms with E-state index in [9.17, 15) is 30.4 Å². The molecule has 1 nitrogen and oxygen atoms in total. The predicted molar refractivity (Wildman–Crippen MR) is 34.0 cm³/mol. The number of halogens is 7. The average Bonchev–Trinajstić information content (AvgIpc) is 1.47. The molecule has 0 aromatic heterocycles. The fourth-order valence-corrected chi connectivity index (χ4v) is 0.327. The van der Waals surface area contributed by atoms with E-state index < -0.39 is 20.0 Å². The topological polar surface area (TPSA) is 2.70 Å². The standard InChI is InChI=1S/C4H8F3O.BF4/c1-8(2)3-4(5,6)7;2-1(3,4)5/h3H2,1-2H3;/q+1;-1. The summed E-state index contributed by atoms with van der Waals surface area (Å²) in [5, 5.41) is 0. The minimum Gasteiger partial charge on any atom is -0.420 e. The molecule has 0 aliphatic rings. The molecule has 0 spiro atoms. The number of hydrogen-bond donors (Lipinski definition) is 0. The van der Waals surface area contributed by atoms with Crippen molar-refractivity contribution in [2.24, 2.45) is 0 Å². The van der Waals surface area contributed by atoms with Gasteiger partial charge in [0.2, 0.25) is 6.61 Å². The van der Waals surface area contributed by atoms with E-state index in [4.69, 9.17) is 0 Å². The first kappa shape index (κ1) is 15.0. The summed E-state index contributed by atoms with van der Waals surface area (Å²) in [7, 11) is -3.40. The number of rotatable bonds is 1. The first-order chi connectivity index (χ1) is 5.42. The molecule has 0 atom stereocenters. The van der Waals surface area contributed by atoms with E-state index in [0.29, 0.717) is 0 Å². The number of hydrogen-bond acceptors (Lipinski definition) is 0. The van der Waals surface area contributed by atoms with Gasteiger partial charge in [-0.25, -0.2) is 0 Å². The van der Waals surface area contributed by atoms with Crippen molar-refractivity contribution < 1.29 is 34.8 Å². The lowest BCUT2D eigenvalue weighted by molar-refractivity contribution is -0.224. The second kappa shape index (κ2) is 5.30. The van der Waals surface area contributed by atoms with Crippen LogP contribution in [0, 0.1) is 0 Å². The minimum absolute atomic E-state index is 0.924. The summed E-state index contributed by atoms with van der Waals surface area (Å²) in [6.45, 7) is -0.924. The molecular weight excluding hydrogens is 208 g/mol. The van der Waals surface area contributed by atoms with Gasteiger partial charge in [0, 0.05) is 0 Å². The van der Waals surface area contributed by atoms with Crippen LogP contribution in [0.25, 0.3) is 0 Å². The first-order valence-electron chi connectivity index (χ1n) is 2.90. The van der Waals surface area contributed by atoms with Crippen LogP contribution in [-0.4, -0.2) is 34.3 Å². The Morgan fingerprint density at radius 3 is 1.23 bits per heavy atom. The minimum atomic E-state index is -6.00. The average molecular weight is 216 g/mol. The lowest BCUT2D eigenvalue weighted by Crippen LogP contribution is -2.21. The lowest BCUT2D eigenvalue weighted by Gasteiger charge is -2.08. The monoisotopic (exact) mass is 216 g/mol. The molecule has 9 heteroatoms. The summed E-state index contributed by atoms with van der Waals surface area (Å²) in [5.41, 5.74) is 0. The summed E-state index contributed by atoms with van der Waals surface area (Å²) < 4.78 is 74.5. The van der Waals surface area contributed by atoms with E-state index in [-0.39, 0.29) is 0 Å².